The lowest BCUT2D eigenvalue weighted by atomic mass is 10.0. The summed E-state index contributed by atoms with van der Waals surface area (Å²) in [6.45, 7) is 4.01. The van der Waals surface area contributed by atoms with Crippen LogP contribution in [0.2, 0.25) is 0 Å². The molecule has 5 heteroatoms. The van der Waals surface area contributed by atoms with Gasteiger partial charge in [0.05, 0.1) is 6.61 Å². The lowest BCUT2D eigenvalue weighted by Crippen LogP contribution is -2.28. The van der Waals surface area contributed by atoms with Gasteiger partial charge in [0, 0.05) is 12.8 Å². The van der Waals surface area contributed by atoms with E-state index in [4.69, 9.17) is 9.47 Å². The van der Waals surface area contributed by atoms with Crippen molar-refractivity contribution in [3.05, 3.63) is 36.5 Å². The number of unbranched alkanes of at least 4 members (excludes halogenated alkanes) is 19. The molecule has 1 N–H and O–H groups in total. The number of hydrogen-bond acceptors (Lipinski definition) is 5. The molecule has 0 heterocycles. The summed E-state index contributed by atoms with van der Waals surface area (Å²) in [7, 11) is 0. The van der Waals surface area contributed by atoms with E-state index in [1.165, 1.54) is 89.9 Å². The third kappa shape index (κ3) is 33.0. The fourth-order valence-electron chi connectivity index (χ4n) is 5.16. The van der Waals surface area contributed by atoms with Gasteiger partial charge in [0.2, 0.25) is 0 Å². The Morgan fingerprint density at radius 1 is 0.545 bits per heavy atom. The molecule has 0 amide bonds. The average Bonchev–Trinajstić information content (AvgIpc) is 3.02. The second-order valence-electron chi connectivity index (χ2n) is 12.3. The molecule has 0 radical (unpaired) electrons. The van der Waals surface area contributed by atoms with E-state index in [0.29, 0.717) is 12.8 Å². The number of hydrogen-bond donors (Lipinski definition) is 1. The van der Waals surface area contributed by atoms with Gasteiger partial charge in [-0.05, 0) is 44.9 Å². The molecule has 0 aliphatic heterocycles. The number of aliphatic hydroxyl groups is 1. The molecular weight excluding hydrogens is 548 g/mol. The van der Waals surface area contributed by atoms with Crippen molar-refractivity contribution in [1.29, 1.82) is 0 Å². The lowest BCUT2D eigenvalue weighted by Gasteiger charge is -2.15. The van der Waals surface area contributed by atoms with Crippen molar-refractivity contribution in [3.63, 3.8) is 0 Å². The molecule has 0 aliphatic carbocycles. The highest BCUT2D eigenvalue weighted by Crippen LogP contribution is 2.14. The zero-order chi connectivity index (χ0) is 32.2. The highest BCUT2D eigenvalue weighted by molar-refractivity contribution is 5.70. The van der Waals surface area contributed by atoms with Crippen LogP contribution >= 0.6 is 0 Å². The summed E-state index contributed by atoms with van der Waals surface area (Å²) in [4.78, 5) is 24.2. The minimum Gasteiger partial charge on any atom is -0.462 e. The molecule has 0 saturated heterocycles. The molecule has 44 heavy (non-hydrogen) atoms. The normalized spacial score (nSPS) is 12.5. The van der Waals surface area contributed by atoms with E-state index in [2.05, 4.69) is 50.3 Å². The van der Waals surface area contributed by atoms with Gasteiger partial charge in [0.1, 0.15) is 6.61 Å². The molecule has 0 fully saturated rings. The van der Waals surface area contributed by atoms with Crippen LogP contribution < -0.4 is 0 Å². The van der Waals surface area contributed by atoms with Crippen LogP contribution in [0.4, 0.5) is 0 Å². The van der Waals surface area contributed by atoms with Gasteiger partial charge >= 0.3 is 11.9 Å². The Kier molecular flexibility index (Phi) is 34.1. The molecule has 1 atom stereocenters. The van der Waals surface area contributed by atoms with Crippen LogP contribution in [0.1, 0.15) is 181 Å². The molecule has 0 saturated carbocycles. The Morgan fingerprint density at radius 3 is 1.48 bits per heavy atom. The number of aliphatic hydroxyl groups excluding tert-OH is 1. The summed E-state index contributed by atoms with van der Waals surface area (Å²) < 4.78 is 10.6. The summed E-state index contributed by atoms with van der Waals surface area (Å²) in [6.07, 6.45) is 42.0. The molecule has 0 aromatic heterocycles. The third-order valence-corrected chi connectivity index (χ3v) is 7.95. The highest BCUT2D eigenvalue weighted by Gasteiger charge is 2.16. The summed E-state index contributed by atoms with van der Waals surface area (Å²) >= 11 is 0. The Labute approximate surface area is 272 Å². The van der Waals surface area contributed by atoms with Crippen molar-refractivity contribution in [2.75, 3.05) is 13.2 Å². The van der Waals surface area contributed by atoms with E-state index in [-0.39, 0.29) is 25.2 Å². The molecule has 0 aliphatic rings. The Bertz CT molecular complexity index is 711. The van der Waals surface area contributed by atoms with Gasteiger partial charge in [-0.15, -0.1) is 0 Å². The standard InChI is InChI=1S/C39H70O5/c1-3-5-7-9-11-13-15-17-19-21-23-25-27-29-31-33-38(41)43-36-37(35-40)44-39(42)34-32-30-28-26-24-22-20-18-16-14-12-10-8-6-4-2/h5,7,11,13,17,19,37,40H,3-4,6,8-10,12,14-16,18,20-36H2,1-2H3/b7-5-,13-11-,19-17-/t37-/m0/s1. The van der Waals surface area contributed by atoms with Crippen LogP contribution in [-0.2, 0) is 19.1 Å². The smallest absolute Gasteiger partial charge is 0.306 e. The first-order valence-electron chi connectivity index (χ1n) is 18.5. The van der Waals surface area contributed by atoms with Crippen LogP contribution in [0.15, 0.2) is 36.5 Å². The van der Waals surface area contributed by atoms with Crippen LogP contribution in [0, 0.1) is 0 Å². The first-order chi connectivity index (χ1) is 21.6. The zero-order valence-electron chi connectivity index (χ0n) is 28.9. The van der Waals surface area contributed by atoms with Crippen molar-refractivity contribution < 1.29 is 24.2 Å². The first kappa shape index (κ1) is 42.1. The molecule has 5 nitrogen and oxygen atoms in total. The van der Waals surface area contributed by atoms with E-state index in [0.717, 1.165) is 64.2 Å². The molecule has 0 spiro atoms. The minimum absolute atomic E-state index is 0.0725. The summed E-state index contributed by atoms with van der Waals surface area (Å²) in [5, 5.41) is 9.53. The van der Waals surface area contributed by atoms with Crippen LogP contribution in [-0.4, -0.2) is 36.4 Å². The van der Waals surface area contributed by atoms with Crippen molar-refractivity contribution >= 4 is 11.9 Å². The van der Waals surface area contributed by atoms with Gasteiger partial charge in [-0.2, -0.15) is 0 Å². The molecule has 0 aromatic rings. The maximum absolute atomic E-state index is 12.1. The Balaban J connectivity index is 3.58. The van der Waals surface area contributed by atoms with Crippen molar-refractivity contribution in [3.8, 4) is 0 Å². The predicted molar refractivity (Wildman–Crippen MR) is 187 cm³/mol. The zero-order valence-corrected chi connectivity index (χ0v) is 28.9. The van der Waals surface area contributed by atoms with E-state index in [1.807, 2.05) is 0 Å². The fourth-order valence-corrected chi connectivity index (χ4v) is 5.16. The maximum atomic E-state index is 12.1. The van der Waals surface area contributed by atoms with Crippen molar-refractivity contribution in [1.82, 2.24) is 0 Å². The van der Waals surface area contributed by atoms with Gasteiger partial charge in [-0.25, -0.2) is 0 Å². The van der Waals surface area contributed by atoms with Gasteiger partial charge < -0.3 is 14.6 Å². The monoisotopic (exact) mass is 619 g/mol. The molecular formula is C39H70O5. The number of allylic oxidation sites excluding steroid dienone is 6. The third-order valence-electron chi connectivity index (χ3n) is 7.95. The fraction of sp³-hybridized carbons (Fsp3) is 0.795. The Morgan fingerprint density at radius 2 is 0.977 bits per heavy atom. The topological polar surface area (TPSA) is 72.8 Å². The van der Waals surface area contributed by atoms with Gasteiger partial charge in [-0.3, -0.25) is 9.59 Å². The first-order valence-corrected chi connectivity index (χ1v) is 18.5. The maximum Gasteiger partial charge on any atom is 0.306 e. The second-order valence-corrected chi connectivity index (χ2v) is 12.3. The number of rotatable bonds is 33. The van der Waals surface area contributed by atoms with Gasteiger partial charge in [0.25, 0.3) is 0 Å². The highest BCUT2D eigenvalue weighted by atomic mass is 16.6. The summed E-state index contributed by atoms with van der Waals surface area (Å²) in [6, 6.07) is 0. The number of carbonyl (C=O) groups is 2. The van der Waals surface area contributed by atoms with E-state index in [1.54, 1.807) is 0 Å². The number of esters is 2. The van der Waals surface area contributed by atoms with E-state index in [9.17, 15) is 14.7 Å². The quantitative estimate of drug-likeness (QED) is 0.0450. The van der Waals surface area contributed by atoms with Crippen LogP contribution in [0.25, 0.3) is 0 Å². The second kappa shape index (κ2) is 35.6. The SMILES string of the molecule is CC/C=C\C/C=C\C/C=C\CCCCCCCC(=O)OC[C@H](CO)OC(=O)CCCCCCCCCCCCCCCCC. The van der Waals surface area contributed by atoms with E-state index < -0.39 is 6.10 Å². The molecule has 0 rings (SSSR count). The minimum atomic E-state index is -0.774. The molecule has 256 valence electrons. The van der Waals surface area contributed by atoms with Crippen molar-refractivity contribution in [2.24, 2.45) is 0 Å². The molecule has 0 unspecified atom stereocenters. The predicted octanol–water partition coefficient (Wildman–Crippen LogP) is 11.3. The van der Waals surface area contributed by atoms with Crippen LogP contribution in [0.3, 0.4) is 0 Å². The number of carbonyl (C=O) groups excluding carboxylic acids is 2. The summed E-state index contributed by atoms with van der Waals surface area (Å²) in [5.41, 5.74) is 0. The largest absolute Gasteiger partial charge is 0.462 e. The average molecular weight is 619 g/mol. The molecule has 0 bridgehead atoms. The van der Waals surface area contributed by atoms with Crippen LogP contribution in [0.5, 0.6) is 0 Å². The van der Waals surface area contributed by atoms with Crippen molar-refractivity contribution in [2.45, 2.75) is 187 Å². The van der Waals surface area contributed by atoms with Gasteiger partial charge in [0.15, 0.2) is 6.10 Å². The molecule has 0 aromatic carbocycles. The summed E-state index contributed by atoms with van der Waals surface area (Å²) in [5.74, 6) is -0.607. The van der Waals surface area contributed by atoms with Gasteiger partial charge in [-0.1, -0.05) is 159 Å². The Hall–Kier alpha value is -1.88. The lowest BCUT2D eigenvalue weighted by molar-refractivity contribution is -0.161. The number of ether oxygens (including phenoxy) is 2. The van der Waals surface area contributed by atoms with E-state index >= 15 is 0 Å².